The van der Waals surface area contributed by atoms with Crippen molar-refractivity contribution in [3.05, 3.63) is 0 Å². The van der Waals surface area contributed by atoms with Crippen LogP contribution in [0.15, 0.2) is 0 Å². The Morgan fingerprint density at radius 3 is 2.33 bits per heavy atom. The van der Waals surface area contributed by atoms with Gasteiger partial charge in [-0.1, -0.05) is 20.8 Å². The highest BCUT2D eigenvalue weighted by Gasteiger charge is 2.52. The Kier molecular flexibility index (Phi) is 1.59. The zero-order valence-electron chi connectivity index (χ0n) is 7.96. The Hall–Kier alpha value is -0.370. The van der Waals surface area contributed by atoms with Gasteiger partial charge in [-0.15, -0.1) is 0 Å². The molecule has 68 valence electrons. The second-order valence-corrected chi connectivity index (χ2v) is 4.99. The van der Waals surface area contributed by atoms with E-state index in [0.29, 0.717) is 5.78 Å². The predicted molar refractivity (Wildman–Crippen MR) is 45.8 cm³/mol. The summed E-state index contributed by atoms with van der Waals surface area (Å²) in [5, 5.41) is 0. The van der Waals surface area contributed by atoms with Crippen LogP contribution >= 0.6 is 0 Å². The molecular formula is C10H16O2. The van der Waals surface area contributed by atoms with Gasteiger partial charge in [0.05, 0.1) is 12.0 Å². The molecule has 0 aliphatic carbocycles. The van der Waals surface area contributed by atoms with E-state index in [1.54, 1.807) is 0 Å². The molecule has 2 bridgehead atoms. The minimum Gasteiger partial charge on any atom is -0.366 e. The van der Waals surface area contributed by atoms with Gasteiger partial charge in [-0.05, 0) is 18.3 Å². The first-order chi connectivity index (χ1) is 5.50. The van der Waals surface area contributed by atoms with Crippen LogP contribution in [0.5, 0.6) is 0 Å². The van der Waals surface area contributed by atoms with Crippen molar-refractivity contribution in [2.75, 3.05) is 0 Å². The third-order valence-electron chi connectivity index (χ3n) is 2.98. The van der Waals surface area contributed by atoms with Crippen LogP contribution in [0.3, 0.4) is 0 Å². The van der Waals surface area contributed by atoms with Crippen molar-refractivity contribution in [1.29, 1.82) is 0 Å². The molecule has 0 aromatic heterocycles. The molecule has 2 saturated heterocycles. The molecule has 0 aromatic rings. The minimum atomic E-state index is -0.0563. The third kappa shape index (κ3) is 1.01. The van der Waals surface area contributed by atoms with Crippen LogP contribution in [0.4, 0.5) is 0 Å². The fourth-order valence-corrected chi connectivity index (χ4v) is 2.49. The summed E-state index contributed by atoms with van der Waals surface area (Å²) < 4.78 is 5.57. The molecule has 2 heterocycles. The molecule has 0 N–H and O–H groups in total. The lowest BCUT2D eigenvalue weighted by atomic mass is 9.71. The van der Waals surface area contributed by atoms with E-state index in [9.17, 15) is 4.79 Å². The summed E-state index contributed by atoms with van der Waals surface area (Å²) in [6, 6.07) is 0. The van der Waals surface area contributed by atoms with E-state index in [-0.39, 0.29) is 23.5 Å². The molecule has 0 aromatic carbocycles. The van der Waals surface area contributed by atoms with Crippen LogP contribution in [0.25, 0.3) is 0 Å². The third-order valence-corrected chi connectivity index (χ3v) is 2.98. The zero-order chi connectivity index (χ0) is 8.93. The van der Waals surface area contributed by atoms with Crippen molar-refractivity contribution >= 4 is 5.78 Å². The second kappa shape index (κ2) is 2.32. The van der Waals surface area contributed by atoms with Gasteiger partial charge in [0.15, 0.2) is 5.78 Å². The Bertz CT molecular complexity index is 214. The lowest BCUT2D eigenvalue weighted by Gasteiger charge is -2.30. The molecule has 2 rings (SSSR count). The fraction of sp³-hybridized carbons (Fsp3) is 0.900. The number of ketones is 1. The SMILES string of the molecule is CC(C)(C)C1C(=O)C2CCC1O2. The van der Waals surface area contributed by atoms with Crippen LogP contribution in [0, 0.1) is 11.3 Å². The van der Waals surface area contributed by atoms with Gasteiger partial charge in [-0.2, -0.15) is 0 Å². The standard InChI is InChI=1S/C10H16O2/c1-10(2,3)8-6-4-5-7(12-6)9(8)11/h6-8H,4-5H2,1-3H3. The summed E-state index contributed by atoms with van der Waals surface area (Å²) >= 11 is 0. The van der Waals surface area contributed by atoms with Gasteiger partial charge < -0.3 is 4.74 Å². The van der Waals surface area contributed by atoms with E-state index < -0.39 is 0 Å². The molecule has 3 unspecified atom stereocenters. The second-order valence-electron chi connectivity index (χ2n) is 4.99. The predicted octanol–water partition coefficient (Wildman–Crippen LogP) is 1.78. The van der Waals surface area contributed by atoms with E-state index in [1.165, 1.54) is 0 Å². The Morgan fingerprint density at radius 1 is 1.33 bits per heavy atom. The number of rotatable bonds is 0. The van der Waals surface area contributed by atoms with Gasteiger partial charge in [0.2, 0.25) is 0 Å². The highest BCUT2D eigenvalue weighted by molar-refractivity contribution is 5.89. The summed E-state index contributed by atoms with van der Waals surface area (Å²) in [7, 11) is 0. The minimum absolute atomic E-state index is 0.0563. The zero-order valence-corrected chi connectivity index (χ0v) is 7.96. The molecule has 0 saturated carbocycles. The molecule has 2 heteroatoms. The maximum Gasteiger partial charge on any atom is 0.167 e. The smallest absolute Gasteiger partial charge is 0.167 e. The van der Waals surface area contributed by atoms with Gasteiger partial charge >= 0.3 is 0 Å². The molecule has 0 radical (unpaired) electrons. The summed E-state index contributed by atoms with van der Waals surface area (Å²) in [6.07, 6.45) is 2.20. The van der Waals surface area contributed by atoms with Crippen LogP contribution in [0.1, 0.15) is 33.6 Å². The normalized spacial score (nSPS) is 40.9. The first kappa shape index (κ1) is 8.24. The number of carbonyl (C=O) groups is 1. The van der Waals surface area contributed by atoms with Crippen molar-refractivity contribution in [2.45, 2.75) is 45.8 Å². The van der Waals surface area contributed by atoms with Gasteiger partial charge in [-0.25, -0.2) is 0 Å². The Labute approximate surface area is 73.3 Å². The number of Topliss-reactive ketones (excluding diaryl/α,β-unsaturated/α-hetero) is 1. The highest BCUT2D eigenvalue weighted by atomic mass is 16.5. The summed E-state index contributed by atoms with van der Waals surface area (Å²) in [6.45, 7) is 6.37. The largest absolute Gasteiger partial charge is 0.366 e. The summed E-state index contributed by atoms with van der Waals surface area (Å²) in [4.78, 5) is 11.7. The highest BCUT2D eigenvalue weighted by Crippen LogP contribution is 2.44. The Morgan fingerprint density at radius 2 is 2.00 bits per heavy atom. The Balaban J connectivity index is 2.23. The quantitative estimate of drug-likeness (QED) is 0.551. The van der Waals surface area contributed by atoms with Crippen molar-refractivity contribution in [3.8, 4) is 0 Å². The van der Waals surface area contributed by atoms with E-state index in [4.69, 9.17) is 4.74 Å². The number of carbonyl (C=O) groups excluding carboxylic acids is 1. The maximum atomic E-state index is 11.7. The molecule has 2 fully saturated rings. The van der Waals surface area contributed by atoms with E-state index in [1.807, 2.05) is 0 Å². The average Bonchev–Trinajstić information content (AvgIpc) is 2.42. The number of fused-ring (bicyclic) bond motifs is 2. The monoisotopic (exact) mass is 168 g/mol. The van der Waals surface area contributed by atoms with E-state index >= 15 is 0 Å². The van der Waals surface area contributed by atoms with Crippen molar-refractivity contribution in [1.82, 2.24) is 0 Å². The molecule has 2 aliphatic rings. The van der Waals surface area contributed by atoms with Crippen LogP contribution in [-0.4, -0.2) is 18.0 Å². The molecule has 0 amide bonds. The van der Waals surface area contributed by atoms with Crippen LogP contribution < -0.4 is 0 Å². The summed E-state index contributed by atoms with van der Waals surface area (Å²) in [5.74, 6) is 0.495. The van der Waals surface area contributed by atoms with Crippen LogP contribution in [0.2, 0.25) is 0 Å². The van der Waals surface area contributed by atoms with Crippen molar-refractivity contribution in [3.63, 3.8) is 0 Å². The maximum absolute atomic E-state index is 11.7. The molecule has 0 spiro atoms. The molecule has 3 atom stereocenters. The average molecular weight is 168 g/mol. The summed E-state index contributed by atoms with van der Waals surface area (Å²) in [5.41, 5.74) is 0.0803. The van der Waals surface area contributed by atoms with Crippen LogP contribution in [-0.2, 0) is 9.53 Å². The lowest BCUT2D eigenvalue weighted by Crippen LogP contribution is -2.36. The topological polar surface area (TPSA) is 26.3 Å². The molecule has 2 aliphatic heterocycles. The molecular weight excluding hydrogens is 152 g/mol. The lowest BCUT2D eigenvalue weighted by molar-refractivity contribution is -0.126. The van der Waals surface area contributed by atoms with E-state index in [0.717, 1.165) is 12.8 Å². The van der Waals surface area contributed by atoms with Gasteiger partial charge in [0.1, 0.15) is 6.10 Å². The number of hydrogen-bond donors (Lipinski definition) is 0. The van der Waals surface area contributed by atoms with Crippen molar-refractivity contribution in [2.24, 2.45) is 11.3 Å². The first-order valence-electron chi connectivity index (χ1n) is 4.69. The number of ether oxygens (including phenoxy) is 1. The van der Waals surface area contributed by atoms with E-state index in [2.05, 4.69) is 20.8 Å². The van der Waals surface area contributed by atoms with Gasteiger partial charge in [0, 0.05) is 0 Å². The molecule has 2 nitrogen and oxygen atoms in total. The van der Waals surface area contributed by atoms with Gasteiger partial charge in [0.25, 0.3) is 0 Å². The van der Waals surface area contributed by atoms with Crippen molar-refractivity contribution < 1.29 is 9.53 Å². The fourth-order valence-electron chi connectivity index (χ4n) is 2.49. The number of hydrogen-bond acceptors (Lipinski definition) is 2. The first-order valence-corrected chi connectivity index (χ1v) is 4.69. The molecule has 12 heavy (non-hydrogen) atoms. The van der Waals surface area contributed by atoms with Gasteiger partial charge in [-0.3, -0.25) is 4.79 Å².